The minimum atomic E-state index is -4.95. The Labute approximate surface area is 530 Å². The number of hydrogen-bond acceptors (Lipinski definition) is 15. The standard InChI is InChI=1S/C68H132O17P2/c1-9-61(8)47-39-31-25-27-33-41-49-66(71)79-55-64(85-68(73)51-43-35-26-24-30-38-46-60(6)7)57-83-87(76,77)81-53-62(69)52-80-86(74,75)82-56-63(84-67(72)50-42-34-23-19-15-11-13-17-21-29-37-45-59(4)5)54-78-65(70)48-40-32-22-18-14-10-12-16-20-28-36-44-58(2)3/h58-64,69H,9-57H2,1-8H3,(H,74,75)(H,76,77)/t61?,62-,63-,64-/m1/s1. The van der Waals surface area contributed by atoms with Gasteiger partial charge >= 0.3 is 39.5 Å². The van der Waals surface area contributed by atoms with Crippen molar-refractivity contribution in [1.29, 1.82) is 0 Å². The van der Waals surface area contributed by atoms with Crippen LogP contribution < -0.4 is 0 Å². The van der Waals surface area contributed by atoms with Gasteiger partial charge in [-0.25, -0.2) is 9.13 Å². The fourth-order valence-corrected chi connectivity index (χ4v) is 11.7. The number of hydrogen-bond donors (Lipinski definition) is 3. The molecule has 0 saturated carbocycles. The van der Waals surface area contributed by atoms with E-state index in [2.05, 4.69) is 55.4 Å². The molecule has 0 aromatic carbocycles. The first-order valence-corrected chi connectivity index (χ1v) is 38.2. The fourth-order valence-electron chi connectivity index (χ4n) is 10.1. The summed E-state index contributed by atoms with van der Waals surface area (Å²) in [6, 6.07) is 0. The van der Waals surface area contributed by atoms with Crippen LogP contribution in [0.15, 0.2) is 0 Å². The van der Waals surface area contributed by atoms with Crippen LogP contribution in [0, 0.1) is 23.7 Å². The predicted octanol–water partition coefficient (Wildman–Crippen LogP) is 18.9. The van der Waals surface area contributed by atoms with Crippen molar-refractivity contribution in [2.75, 3.05) is 39.6 Å². The number of phosphoric acid groups is 2. The summed E-state index contributed by atoms with van der Waals surface area (Å²) in [5.74, 6) is 0.800. The molecule has 0 fully saturated rings. The summed E-state index contributed by atoms with van der Waals surface area (Å²) in [6.07, 6.45) is 39.1. The van der Waals surface area contributed by atoms with Crippen LogP contribution in [-0.4, -0.2) is 96.7 Å². The van der Waals surface area contributed by atoms with Crippen molar-refractivity contribution in [3.05, 3.63) is 0 Å². The monoisotopic (exact) mass is 1280 g/mol. The molecule has 0 bridgehead atoms. The number of aliphatic hydroxyl groups is 1. The average molecular weight is 1280 g/mol. The van der Waals surface area contributed by atoms with Crippen molar-refractivity contribution in [3.63, 3.8) is 0 Å². The van der Waals surface area contributed by atoms with Gasteiger partial charge in [-0.2, -0.15) is 0 Å². The maximum Gasteiger partial charge on any atom is 0.472 e. The van der Waals surface area contributed by atoms with E-state index >= 15 is 0 Å². The smallest absolute Gasteiger partial charge is 0.462 e. The number of esters is 4. The molecule has 0 aliphatic heterocycles. The van der Waals surface area contributed by atoms with Crippen LogP contribution in [-0.2, 0) is 65.4 Å². The van der Waals surface area contributed by atoms with Gasteiger partial charge in [-0.05, 0) is 49.4 Å². The molecule has 17 nitrogen and oxygen atoms in total. The zero-order chi connectivity index (χ0) is 64.7. The molecule has 3 unspecified atom stereocenters. The maximum atomic E-state index is 13.0. The molecule has 516 valence electrons. The van der Waals surface area contributed by atoms with Gasteiger partial charge in [0.25, 0.3) is 0 Å². The van der Waals surface area contributed by atoms with Crippen LogP contribution in [0.4, 0.5) is 0 Å². The summed E-state index contributed by atoms with van der Waals surface area (Å²) in [5, 5.41) is 10.6. The predicted molar refractivity (Wildman–Crippen MR) is 349 cm³/mol. The van der Waals surface area contributed by atoms with Crippen molar-refractivity contribution >= 4 is 39.5 Å². The van der Waals surface area contributed by atoms with Crippen molar-refractivity contribution in [2.45, 2.75) is 350 Å². The quantitative estimate of drug-likeness (QED) is 0.0222. The third-order valence-corrected chi connectivity index (χ3v) is 17.8. The van der Waals surface area contributed by atoms with E-state index in [4.69, 9.17) is 37.0 Å². The van der Waals surface area contributed by atoms with Gasteiger partial charge in [0.1, 0.15) is 19.3 Å². The van der Waals surface area contributed by atoms with Crippen LogP contribution in [0.2, 0.25) is 0 Å². The Balaban J connectivity index is 5.25. The van der Waals surface area contributed by atoms with Gasteiger partial charge in [0.15, 0.2) is 12.2 Å². The first-order chi connectivity index (χ1) is 41.6. The molecule has 19 heteroatoms. The zero-order valence-electron chi connectivity index (χ0n) is 56.6. The topological polar surface area (TPSA) is 237 Å². The molecule has 3 N–H and O–H groups in total. The number of unbranched alkanes of at least 4 members (excludes halogenated alkanes) is 30. The third kappa shape index (κ3) is 61.3. The van der Waals surface area contributed by atoms with E-state index in [1.165, 1.54) is 128 Å². The average Bonchev–Trinajstić information content (AvgIpc) is 3.50. The van der Waals surface area contributed by atoms with Crippen LogP contribution in [0.3, 0.4) is 0 Å². The first kappa shape index (κ1) is 85.1. The maximum absolute atomic E-state index is 13.0. The van der Waals surface area contributed by atoms with Crippen LogP contribution in [0.1, 0.15) is 331 Å². The number of rotatable bonds is 65. The van der Waals surface area contributed by atoms with Crippen molar-refractivity contribution < 1.29 is 80.2 Å². The van der Waals surface area contributed by atoms with Gasteiger partial charge in [0.05, 0.1) is 26.4 Å². The highest BCUT2D eigenvalue weighted by atomic mass is 31.2. The number of phosphoric ester groups is 2. The second-order valence-electron chi connectivity index (χ2n) is 26.2. The van der Waals surface area contributed by atoms with Gasteiger partial charge in [0, 0.05) is 25.7 Å². The molecule has 0 spiro atoms. The lowest BCUT2D eigenvalue weighted by atomic mass is 10.00. The van der Waals surface area contributed by atoms with Gasteiger partial charge < -0.3 is 33.8 Å². The second kappa shape index (κ2) is 57.9. The molecule has 0 aromatic heterocycles. The first-order valence-electron chi connectivity index (χ1n) is 35.2. The van der Waals surface area contributed by atoms with Crippen molar-refractivity contribution in [2.24, 2.45) is 23.7 Å². The highest BCUT2D eigenvalue weighted by Gasteiger charge is 2.30. The molecular formula is C68H132O17P2. The Morgan fingerprint density at radius 2 is 0.552 bits per heavy atom. The van der Waals surface area contributed by atoms with E-state index in [1.54, 1.807) is 0 Å². The van der Waals surface area contributed by atoms with Crippen LogP contribution >= 0.6 is 15.6 Å². The molecule has 0 amide bonds. The molecule has 6 atom stereocenters. The Kier molecular flexibility index (Phi) is 56.6. The fraction of sp³-hybridized carbons (Fsp3) is 0.941. The van der Waals surface area contributed by atoms with Crippen molar-refractivity contribution in [3.8, 4) is 0 Å². The van der Waals surface area contributed by atoms with E-state index in [0.29, 0.717) is 31.6 Å². The molecule has 0 radical (unpaired) electrons. The van der Waals surface area contributed by atoms with Gasteiger partial charge in [-0.3, -0.25) is 37.3 Å². The molecular weight excluding hydrogens is 1150 g/mol. The molecule has 0 heterocycles. The summed E-state index contributed by atoms with van der Waals surface area (Å²) < 4.78 is 68.1. The Hall–Kier alpha value is -1.94. The largest absolute Gasteiger partial charge is 0.472 e. The van der Waals surface area contributed by atoms with Crippen LogP contribution in [0.5, 0.6) is 0 Å². The highest BCUT2D eigenvalue weighted by molar-refractivity contribution is 7.47. The number of carbonyl (C=O) groups excluding carboxylic acids is 4. The number of carbonyl (C=O) groups is 4. The van der Waals surface area contributed by atoms with Crippen molar-refractivity contribution in [1.82, 2.24) is 0 Å². The minimum absolute atomic E-state index is 0.101. The number of aliphatic hydroxyl groups excluding tert-OH is 1. The molecule has 0 aliphatic rings. The lowest BCUT2D eigenvalue weighted by Crippen LogP contribution is -2.30. The molecule has 0 rings (SSSR count). The summed E-state index contributed by atoms with van der Waals surface area (Å²) >= 11 is 0. The summed E-state index contributed by atoms with van der Waals surface area (Å²) in [5.41, 5.74) is 0. The summed E-state index contributed by atoms with van der Waals surface area (Å²) in [4.78, 5) is 72.4. The normalized spacial score (nSPS) is 14.6. The Morgan fingerprint density at radius 3 is 0.816 bits per heavy atom. The van der Waals surface area contributed by atoms with E-state index in [-0.39, 0.29) is 25.7 Å². The lowest BCUT2D eigenvalue weighted by Gasteiger charge is -2.21. The molecule has 87 heavy (non-hydrogen) atoms. The molecule has 0 saturated heterocycles. The minimum Gasteiger partial charge on any atom is -0.462 e. The molecule has 0 aliphatic carbocycles. The Morgan fingerprint density at radius 1 is 0.322 bits per heavy atom. The Bertz CT molecular complexity index is 1730. The van der Waals surface area contributed by atoms with E-state index < -0.39 is 97.5 Å². The zero-order valence-corrected chi connectivity index (χ0v) is 58.4. The summed E-state index contributed by atoms with van der Waals surface area (Å²) in [6.45, 7) is 14.0. The third-order valence-electron chi connectivity index (χ3n) is 15.9. The lowest BCUT2D eigenvalue weighted by molar-refractivity contribution is -0.161. The van der Waals surface area contributed by atoms with Gasteiger partial charge in [0.2, 0.25) is 0 Å². The van der Waals surface area contributed by atoms with E-state index in [1.807, 2.05) is 0 Å². The molecule has 0 aromatic rings. The van der Waals surface area contributed by atoms with Gasteiger partial charge in [-0.15, -0.1) is 0 Å². The second-order valence-corrected chi connectivity index (χ2v) is 29.1. The highest BCUT2D eigenvalue weighted by Crippen LogP contribution is 2.45. The van der Waals surface area contributed by atoms with Gasteiger partial charge in [-0.1, -0.05) is 280 Å². The van der Waals surface area contributed by atoms with Crippen LogP contribution in [0.25, 0.3) is 0 Å². The SMILES string of the molecule is CCC(C)CCCCCCCCC(=O)OC[C@H](COP(=O)(O)OC[C@H](O)COP(=O)(O)OC[C@@H](COC(=O)CCCCCCCCCCCCCC(C)C)OC(=O)CCCCCCCCCCCCCC(C)C)OC(=O)CCCCCCCCC(C)C. The van der Waals surface area contributed by atoms with E-state index in [0.717, 1.165) is 114 Å². The number of ether oxygens (including phenoxy) is 4. The summed E-state index contributed by atoms with van der Waals surface area (Å²) in [7, 11) is -9.90. The van der Waals surface area contributed by atoms with E-state index in [9.17, 15) is 43.2 Å².